The summed E-state index contributed by atoms with van der Waals surface area (Å²) in [5, 5.41) is 4.82. The third-order valence-electron chi connectivity index (χ3n) is 4.27. The summed E-state index contributed by atoms with van der Waals surface area (Å²) in [6.45, 7) is 0.599. The minimum Gasteiger partial charge on any atom is -0.299 e. The molecule has 3 N–H and O–H groups in total. The van der Waals surface area contributed by atoms with Gasteiger partial charge in [0.1, 0.15) is 5.39 Å². The molecule has 0 bridgehead atoms. The summed E-state index contributed by atoms with van der Waals surface area (Å²) in [6.07, 6.45) is 7.08. The Hall–Kier alpha value is -3.00. The predicted octanol–water partition coefficient (Wildman–Crippen LogP) is 1.52. The number of unbranched alkanes of at least 4 members (excludes halogenated alkanes) is 3. The van der Waals surface area contributed by atoms with Gasteiger partial charge in [-0.25, -0.2) is 15.5 Å². The number of rotatable bonds is 8. The molecule has 2 heterocycles. The molecular weight excluding hydrogens is 332 g/mol. The largest absolute Gasteiger partial charge is 0.299 e. The molecule has 2 aromatic heterocycles. The zero-order valence-corrected chi connectivity index (χ0v) is 14.5. The molecule has 1 amide bonds. The fourth-order valence-corrected chi connectivity index (χ4v) is 2.86. The molecule has 0 fully saturated rings. The minimum atomic E-state index is -0.147. The van der Waals surface area contributed by atoms with E-state index in [1.165, 1.54) is 0 Å². The number of para-hydroxylation sites is 1. The van der Waals surface area contributed by atoms with Crippen molar-refractivity contribution in [2.75, 3.05) is 0 Å². The molecule has 0 saturated heterocycles. The second-order valence-corrected chi connectivity index (χ2v) is 6.10. The van der Waals surface area contributed by atoms with Crippen molar-refractivity contribution < 1.29 is 4.79 Å². The minimum absolute atomic E-state index is 0.0836. The SMILES string of the molecule is NNC(=O)CCCCCCn1cnc2c(cnn2-c2ccccc2)c1=O. The van der Waals surface area contributed by atoms with E-state index in [1.54, 1.807) is 21.8 Å². The fraction of sp³-hybridized carbons (Fsp3) is 0.333. The third-order valence-corrected chi connectivity index (χ3v) is 4.27. The highest BCUT2D eigenvalue weighted by Gasteiger charge is 2.11. The maximum atomic E-state index is 12.6. The molecule has 0 aliphatic carbocycles. The molecule has 0 aliphatic heterocycles. The van der Waals surface area contributed by atoms with Crippen molar-refractivity contribution in [1.29, 1.82) is 0 Å². The van der Waals surface area contributed by atoms with Gasteiger partial charge in [0.2, 0.25) is 5.91 Å². The van der Waals surface area contributed by atoms with Crippen LogP contribution < -0.4 is 16.8 Å². The van der Waals surface area contributed by atoms with E-state index >= 15 is 0 Å². The van der Waals surface area contributed by atoms with Crippen LogP contribution in [0.1, 0.15) is 32.1 Å². The summed E-state index contributed by atoms with van der Waals surface area (Å²) < 4.78 is 3.29. The van der Waals surface area contributed by atoms with Crippen LogP contribution in [0.5, 0.6) is 0 Å². The van der Waals surface area contributed by atoms with Gasteiger partial charge in [0.25, 0.3) is 5.56 Å². The van der Waals surface area contributed by atoms with Gasteiger partial charge in [-0.05, 0) is 25.0 Å². The monoisotopic (exact) mass is 354 g/mol. The number of fused-ring (bicyclic) bond motifs is 1. The molecule has 26 heavy (non-hydrogen) atoms. The van der Waals surface area contributed by atoms with E-state index in [1.807, 2.05) is 30.3 Å². The molecule has 3 rings (SSSR count). The first-order valence-corrected chi connectivity index (χ1v) is 8.69. The molecule has 0 aliphatic rings. The van der Waals surface area contributed by atoms with E-state index in [2.05, 4.69) is 15.5 Å². The third kappa shape index (κ3) is 3.97. The topological polar surface area (TPSA) is 108 Å². The van der Waals surface area contributed by atoms with E-state index in [4.69, 9.17) is 5.84 Å². The molecule has 8 heteroatoms. The summed E-state index contributed by atoms with van der Waals surface area (Å²) in [5.74, 6) is 4.89. The summed E-state index contributed by atoms with van der Waals surface area (Å²) >= 11 is 0. The highest BCUT2D eigenvalue weighted by atomic mass is 16.2. The van der Waals surface area contributed by atoms with E-state index in [0.29, 0.717) is 24.0 Å². The number of nitrogens with one attached hydrogen (secondary N) is 1. The second-order valence-electron chi connectivity index (χ2n) is 6.10. The maximum absolute atomic E-state index is 12.6. The van der Waals surface area contributed by atoms with Crippen molar-refractivity contribution in [1.82, 2.24) is 24.8 Å². The Labute approximate surface area is 150 Å². The Morgan fingerprint density at radius 3 is 2.65 bits per heavy atom. The van der Waals surface area contributed by atoms with E-state index in [9.17, 15) is 9.59 Å². The van der Waals surface area contributed by atoms with Crippen LogP contribution >= 0.6 is 0 Å². The van der Waals surface area contributed by atoms with Gasteiger partial charge in [-0.15, -0.1) is 0 Å². The molecule has 8 nitrogen and oxygen atoms in total. The molecule has 0 spiro atoms. The number of nitrogens with zero attached hydrogens (tertiary/aromatic N) is 4. The number of carbonyl (C=O) groups excluding carboxylic acids is 1. The van der Waals surface area contributed by atoms with Crippen molar-refractivity contribution in [3.05, 3.63) is 53.2 Å². The highest BCUT2D eigenvalue weighted by molar-refractivity contribution is 5.75. The zero-order valence-electron chi connectivity index (χ0n) is 14.5. The fourth-order valence-electron chi connectivity index (χ4n) is 2.86. The highest BCUT2D eigenvalue weighted by Crippen LogP contribution is 2.13. The first-order valence-electron chi connectivity index (χ1n) is 8.69. The van der Waals surface area contributed by atoms with Crippen molar-refractivity contribution in [3.63, 3.8) is 0 Å². The van der Waals surface area contributed by atoms with Crippen LogP contribution in [-0.4, -0.2) is 25.2 Å². The molecule has 0 saturated carbocycles. The van der Waals surface area contributed by atoms with Crippen molar-refractivity contribution in [2.45, 2.75) is 38.6 Å². The Morgan fingerprint density at radius 2 is 1.88 bits per heavy atom. The number of benzene rings is 1. The van der Waals surface area contributed by atoms with Crippen LogP contribution in [-0.2, 0) is 11.3 Å². The van der Waals surface area contributed by atoms with Crippen molar-refractivity contribution >= 4 is 16.9 Å². The quantitative estimate of drug-likeness (QED) is 0.276. The van der Waals surface area contributed by atoms with Gasteiger partial charge < -0.3 is 0 Å². The predicted molar refractivity (Wildman–Crippen MR) is 98.5 cm³/mol. The number of hydrogen-bond acceptors (Lipinski definition) is 5. The Morgan fingerprint density at radius 1 is 1.12 bits per heavy atom. The number of amides is 1. The van der Waals surface area contributed by atoms with Crippen LogP contribution in [0.3, 0.4) is 0 Å². The van der Waals surface area contributed by atoms with Gasteiger partial charge in [-0.2, -0.15) is 5.10 Å². The average Bonchev–Trinajstić information content (AvgIpc) is 3.11. The van der Waals surface area contributed by atoms with E-state index in [-0.39, 0.29) is 11.5 Å². The lowest BCUT2D eigenvalue weighted by Gasteiger charge is -2.06. The molecule has 0 atom stereocenters. The number of nitrogens with two attached hydrogens (primary N) is 1. The van der Waals surface area contributed by atoms with Gasteiger partial charge in [0.15, 0.2) is 5.65 Å². The lowest BCUT2D eigenvalue weighted by atomic mass is 10.1. The number of aromatic nitrogens is 4. The van der Waals surface area contributed by atoms with E-state index in [0.717, 1.165) is 31.4 Å². The average molecular weight is 354 g/mol. The number of hydrazine groups is 1. The van der Waals surface area contributed by atoms with Gasteiger partial charge >= 0.3 is 0 Å². The van der Waals surface area contributed by atoms with Crippen LogP contribution in [0.15, 0.2) is 47.7 Å². The summed E-state index contributed by atoms with van der Waals surface area (Å²) in [6, 6.07) is 9.61. The van der Waals surface area contributed by atoms with Gasteiger partial charge in [0.05, 0.1) is 18.2 Å². The Kier molecular flexibility index (Phi) is 5.75. The summed E-state index contributed by atoms with van der Waals surface area (Å²) in [7, 11) is 0. The molecule has 1 aromatic carbocycles. The second kappa shape index (κ2) is 8.39. The molecular formula is C18H22N6O2. The number of aryl methyl sites for hydroxylation is 1. The maximum Gasteiger partial charge on any atom is 0.264 e. The normalized spacial score (nSPS) is 11.0. The molecule has 0 unspecified atom stereocenters. The van der Waals surface area contributed by atoms with Crippen molar-refractivity contribution in [3.8, 4) is 5.69 Å². The lowest BCUT2D eigenvalue weighted by Crippen LogP contribution is -2.29. The number of carbonyl (C=O) groups is 1. The number of hydrogen-bond donors (Lipinski definition) is 2. The van der Waals surface area contributed by atoms with Crippen LogP contribution in [0.4, 0.5) is 0 Å². The molecule has 3 aromatic rings. The lowest BCUT2D eigenvalue weighted by molar-refractivity contribution is -0.121. The van der Waals surface area contributed by atoms with Crippen molar-refractivity contribution in [2.24, 2.45) is 5.84 Å². The van der Waals surface area contributed by atoms with E-state index < -0.39 is 0 Å². The van der Waals surface area contributed by atoms with Crippen LogP contribution in [0, 0.1) is 0 Å². The Bertz CT molecular complexity index is 932. The van der Waals surface area contributed by atoms with Crippen LogP contribution in [0.25, 0.3) is 16.7 Å². The van der Waals surface area contributed by atoms with Gasteiger partial charge in [0, 0.05) is 13.0 Å². The van der Waals surface area contributed by atoms with Crippen LogP contribution in [0.2, 0.25) is 0 Å². The Balaban J connectivity index is 1.63. The first kappa shape index (κ1) is 17.8. The molecule has 136 valence electrons. The first-order chi connectivity index (χ1) is 12.7. The summed E-state index contributed by atoms with van der Waals surface area (Å²) in [5.41, 5.74) is 3.47. The zero-order chi connectivity index (χ0) is 18.4. The standard InChI is InChI=1S/C18H22N6O2/c19-22-16(25)10-6-1-2-7-11-23-13-20-17-15(18(23)26)12-21-24(17)14-8-4-3-5-9-14/h3-5,8-9,12-13H,1-2,6-7,10-11,19H2,(H,22,25). The smallest absolute Gasteiger partial charge is 0.264 e. The molecule has 0 radical (unpaired) electrons. The summed E-state index contributed by atoms with van der Waals surface area (Å²) in [4.78, 5) is 28.1. The van der Waals surface area contributed by atoms with Gasteiger partial charge in [-0.3, -0.25) is 19.6 Å². The van der Waals surface area contributed by atoms with Gasteiger partial charge in [-0.1, -0.05) is 31.0 Å².